The third-order valence-electron chi connectivity index (χ3n) is 8.62. The summed E-state index contributed by atoms with van der Waals surface area (Å²) in [4.78, 5) is 15.5. The van der Waals surface area contributed by atoms with Crippen LogP contribution in [0.4, 0.5) is 30.4 Å². The molecule has 5 rings (SSSR count). The molecule has 0 bridgehead atoms. The Kier molecular flexibility index (Phi) is 7.64. The number of fused-ring (bicyclic) bond motifs is 1. The molecule has 1 saturated heterocycles. The molecule has 0 spiro atoms. The van der Waals surface area contributed by atoms with Crippen LogP contribution in [0.2, 0.25) is 0 Å². The molecular formula is C30H38F3N5O. The van der Waals surface area contributed by atoms with Crippen molar-refractivity contribution in [3.8, 4) is 0 Å². The molecule has 2 heterocycles. The normalized spacial score (nSPS) is 18.1. The van der Waals surface area contributed by atoms with Crippen molar-refractivity contribution < 1.29 is 18.3 Å². The fourth-order valence-corrected chi connectivity index (χ4v) is 6.33. The highest BCUT2D eigenvalue weighted by atomic mass is 19.4. The molecule has 210 valence electrons. The Labute approximate surface area is 228 Å². The van der Waals surface area contributed by atoms with E-state index in [1.54, 1.807) is 6.07 Å². The Morgan fingerprint density at radius 1 is 1.00 bits per heavy atom. The van der Waals surface area contributed by atoms with Crippen LogP contribution in [0.1, 0.15) is 55.8 Å². The lowest BCUT2D eigenvalue weighted by Crippen LogP contribution is -2.42. The van der Waals surface area contributed by atoms with E-state index >= 15 is 0 Å². The lowest BCUT2D eigenvalue weighted by molar-refractivity contribution is -0.191. The molecule has 39 heavy (non-hydrogen) atoms. The van der Waals surface area contributed by atoms with Crippen molar-refractivity contribution in [1.29, 1.82) is 0 Å². The fourth-order valence-electron chi connectivity index (χ4n) is 6.33. The van der Waals surface area contributed by atoms with Gasteiger partial charge in [0, 0.05) is 57.5 Å². The summed E-state index contributed by atoms with van der Waals surface area (Å²) in [6.45, 7) is 1.86. The highest BCUT2D eigenvalue weighted by molar-refractivity contribution is 5.92. The molecule has 0 amide bonds. The highest BCUT2D eigenvalue weighted by Crippen LogP contribution is 2.52. The maximum atomic E-state index is 14.5. The van der Waals surface area contributed by atoms with Crippen LogP contribution in [0.5, 0.6) is 0 Å². The van der Waals surface area contributed by atoms with Crippen LogP contribution in [0.25, 0.3) is 10.9 Å². The van der Waals surface area contributed by atoms with E-state index < -0.39 is 11.6 Å². The third-order valence-corrected chi connectivity index (χ3v) is 8.62. The van der Waals surface area contributed by atoms with E-state index in [1.807, 2.05) is 44.2 Å². The van der Waals surface area contributed by atoms with Crippen LogP contribution >= 0.6 is 0 Å². The molecule has 1 aliphatic carbocycles. The van der Waals surface area contributed by atoms with Crippen LogP contribution in [0.15, 0.2) is 42.5 Å². The van der Waals surface area contributed by atoms with E-state index in [-0.39, 0.29) is 25.3 Å². The zero-order valence-electron chi connectivity index (χ0n) is 23.0. The van der Waals surface area contributed by atoms with E-state index in [4.69, 9.17) is 4.98 Å². The number of halogens is 3. The maximum Gasteiger partial charge on any atom is 0.401 e. The summed E-state index contributed by atoms with van der Waals surface area (Å²) in [6, 6.07) is 14.0. The standard InChI is InChI=1S/C30H38F3N5O/c1-36(2)26-9-5-4-8-23(26)21-12-16-38(17-13-21)27-24-20-22(37(3)18-19-39)10-11-25(24)34-28(35-27)29(30(31,32)33)14-6-7-15-29/h4-5,8-11,20-21,39H,6-7,12-19H2,1-3H3. The molecular weight excluding hydrogens is 503 g/mol. The van der Waals surface area contributed by atoms with Crippen molar-refractivity contribution in [2.75, 3.05) is 62.1 Å². The van der Waals surface area contributed by atoms with Crippen molar-refractivity contribution in [3.63, 3.8) is 0 Å². The first-order chi connectivity index (χ1) is 18.6. The number of hydrogen-bond donors (Lipinski definition) is 1. The van der Waals surface area contributed by atoms with Gasteiger partial charge in [-0.05, 0) is 61.4 Å². The van der Waals surface area contributed by atoms with E-state index in [2.05, 4.69) is 33.0 Å². The zero-order chi connectivity index (χ0) is 27.8. The molecule has 9 heteroatoms. The Bertz CT molecular complexity index is 1300. The van der Waals surface area contributed by atoms with Gasteiger partial charge in [-0.25, -0.2) is 9.97 Å². The summed E-state index contributed by atoms with van der Waals surface area (Å²) >= 11 is 0. The predicted molar refractivity (Wildman–Crippen MR) is 151 cm³/mol. The van der Waals surface area contributed by atoms with E-state index in [1.165, 1.54) is 11.3 Å². The second kappa shape index (κ2) is 10.8. The Balaban J connectivity index is 1.55. The fraction of sp³-hybridized carbons (Fsp3) is 0.533. The van der Waals surface area contributed by atoms with Gasteiger partial charge < -0.3 is 19.8 Å². The van der Waals surface area contributed by atoms with Crippen LogP contribution in [0, 0.1) is 0 Å². The highest BCUT2D eigenvalue weighted by Gasteiger charge is 2.59. The third kappa shape index (κ3) is 5.13. The number of rotatable bonds is 7. The van der Waals surface area contributed by atoms with Gasteiger partial charge in [0.1, 0.15) is 17.1 Å². The first-order valence-electron chi connectivity index (χ1n) is 13.9. The molecule has 1 aromatic heterocycles. The second-order valence-corrected chi connectivity index (χ2v) is 11.2. The second-order valence-electron chi connectivity index (χ2n) is 11.2. The van der Waals surface area contributed by atoms with Crippen molar-refractivity contribution in [1.82, 2.24) is 9.97 Å². The monoisotopic (exact) mass is 541 g/mol. The van der Waals surface area contributed by atoms with Crippen LogP contribution < -0.4 is 14.7 Å². The number of hydrogen-bond acceptors (Lipinski definition) is 6. The minimum Gasteiger partial charge on any atom is -0.395 e. The maximum absolute atomic E-state index is 14.5. The van der Waals surface area contributed by atoms with Crippen molar-refractivity contribution in [2.24, 2.45) is 0 Å². The molecule has 0 radical (unpaired) electrons. The number of alkyl halides is 3. The smallest absolute Gasteiger partial charge is 0.395 e. The molecule has 2 aliphatic rings. The Morgan fingerprint density at radius 2 is 1.69 bits per heavy atom. The van der Waals surface area contributed by atoms with E-state index in [0.29, 0.717) is 49.7 Å². The van der Waals surface area contributed by atoms with Crippen molar-refractivity contribution >= 4 is 28.1 Å². The Morgan fingerprint density at radius 3 is 2.33 bits per heavy atom. The van der Waals surface area contributed by atoms with Gasteiger partial charge >= 0.3 is 6.18 Å². The summed E-state index contributed by atoms with van der Waals surface area (Å²) in [6.07, 6.45) is -1.51. The molecule has 1 saturated carbocycles. The van der Waals surface area contributed by atoms with Gasteiger partial charge in [0.2, 0.25) is 0 Å². The summed E-state index contributed by atoms with van der Waals surface area (Å²) in [7, 11) is 5.98. The minimum atomic E-state index is -4.40. The molecule has 0 unspecified atom stereocenters. The molecule has 2 aromatic carbocycles. The van der Waals surface area contributed by atoms with Gasteiger partial charge in [0.25, 0.3) is 0 Å². The molecule has 1 aliphatic heterocycles. The number of piperidine rings is 1. The van der Waals surface area contributed by atoms with Crippen LogP contribution in [-0.2, 0) is 5.41 Å². The molecule has 0 atom stereocenters. The average molecular weight is 542 g/mol. The SMILES string of the molecule is CN(C)c1ccccc1C1CCN(c2nc(C3(C(F)(F)F)CCCC3)nc3ccc(N(C)CCO)cc23)CC1. The molecule has 2 fully saturated rings. The van der Waals surface area contributed by atoms with Gasteiger partial charge in [-0.1, -0.05) is 31.0 Å². The van der Waals surface area contributed by atoms with Gasteiger partial charge in [0.05, 0.1) is 12.1 Å². The largest absolute Gasteiger partial charge is 0.401 e. The number of aliphatic hydroxyl groups excluding tert-OH is 1. The number of benzene rings is 2. The lowest BCUT2D eigenvalue weighted by Gasteiger charge is -2.36. The molecule has 1 N–H and O–H groups in total. The lowest BCUT2D eigenvalue weighted by atomic mass is 9.84. The summed E-state index contributed by atoms with van der Waals surface area (Å²) < 4.78 is 43.6. The van der Waals surface area contributed by atoms with Gasteiger partial charge in [-0.15, -0.1) is 0 Å². The zero-order valence-corrected chi connectivity index (χ0v) is 23.0. The van der Waals surface area contributed by atoms with Gasteiger partial charge in [-0.2, -0.15) is 13.2 Å². The first kappa shape index (κ1) is 27.5. The predicted octanol–water partition coefficient (Wildman–Crippen LogP) is 5.88. The summed E-state index contributed by atoms with van der Waals surface area (Å²) in [5.41, 5.74) is 1.92. The number of nitrogens with zero attached hydrogens (tertiary/aromatic N) is 5. The van der Waals surface area contributed by atoms with Crippen LogP contribution in [-0.4, -0.2) is 68.6 Å². The van der Waals surface area contributed by atoms with Gasteiger partial charge in [-0.3, -0.25) is 0 Å². The first-order valence-corrected chi connectivity index (χ1v) is 13.9. The van der Waals surface area contributed by atoms with E-state index in [9.17, 15) is 18.3 Å². The minimum absolute atomic E-state index is 0.00682. The number of para-hydroxylation sites is 1. The number of anilines is 3. The molecule has 6 nitrogen and oxygen atoms in total. The van der Waals surface area contributed by atoms with Crippen LogP contribution in [0.3, 0.4) is 0 Å². The number of aromatic nitrogens is 2. The van der Waals surface area contributed by atoms with Crippen molar-refractivity contribution in [2.45, 2.75) is 56.0 Å². The molecule has 3 aromatic rings. The van der Waals surface area contributed by atoms with Crippen molar-refractivity contribution in [3.05, 3.63) is 53.9 Å². The van der Waals surface area contributed by atoms with E-state index in [0.717, 1.165) is 23.9 Å². The summed E-state index contributed by atoms with van der Waals surface area (Å²) in [5.74, 6) is 0.866. The number of likely N-dealkylation sites (N-methyl/N-ethyl adjacent to an activating group) is 1. The van der Waals surface area contributed by atoms with Gasteiger partial charge in [0.15, 0.2) is 0 Å². The Hall–Kier alpha value is -3.07. The summed E-state index contributed by atoms with van der Waals surface area (Å²) in [5, 5.41) is 10.2. The topological polar surface area (TPSA) is 55.7 Å². The quantitative estimate of drug-likeness (QED) is 0.403. The average Bonchev–Trinajstić information content (AvgIpc) is 3.44. The number of aliphatic hydroxyl groups is 1.